The minimum Gasteiger partial charge on any atom is -0.481 e. The highest BCUT2D eigenvalue weighted by Crippen LogP contribution is 2.52. The van der Waals surface area contributed by atoms with Crippen LogP contribution < -0.4 is 14.2 Å². The van der Waals surface area contributed by atoms with Crippen molar-refractivity contribution >= 4 is 35.3 Å². The van der Waals surface area contributed by atoms with Crippen LogP contribution in [0.25, 0.3) is 0 Å². The Labute approximate surface area is 203 Å². The summed E-state index contributed by atoms with van der Waals surface area (Å²) in [6.07, 6.45) is 6.04. The Bertz CT molecular complexity index is 1310. The molecule has 10 nitrogen and oxygen atoms in total. The number of halogens is 1. The van der Waals surface area contributed by atoms with Gasteiger partial charge in [0.25, 0.3) is 11.8 Å². The number of allylic oxidation sites excluding steroid dienone is 2. The Morgan fingerprint density at radius 1 is 1.11 bits per heavy atom. The van der Waals surface area contributed by atoms with Crippen molar-refractivity contribution < 1.29 is 28.7 Å². The molecular formula is C24H18ClN3O7. The Morgan fingerprint density at radius 2 is 1.83 bits per heavy atom. The van der Waals surface area contributed by atoms with E-state index in [2.05, 4.69) is 5.10 Å². The topological polar surface area (TPSA) is 121 Å². The summed E-state index contributed by atoms with van der Waals surface area (Å²) in [5, 5.41) is 16.7. The van der Waals surface area contributed by atoms with Crippen LogP contribution >= 0.6 is 11.6 Å². The molecule has 2 aliphatic carbocycles. The molecule has 1 saturated carbocycles. The molecule has 0 aromatic heterocycles. The van der Waals surface area contributed by atoms with Crippen LogP contribution in [-0.2, 0) is 16.2 Å². The van der Waals surface area contributed by atoms with E-state index in [0.717, 1.165) is 11.4 Å². The molecule has 4 atom stereocenters. The van der Waals surface area contributed by atoms with Gasteiger partial charge in [-0.25, -0.2) is 0 Å². The van der Waals surface area contributed by atoms with E-state index in [9.17, 15) is 19.7 Å². The molecule has 2 aromatic carbocycles. The van der Waals surface area contributed by atoms with Gasteiger partial charge in [-0.1, -0.05) is 29.8 Å². The Hall–Kier alpha value is -3.92. The first-order valence-corrected chi connectivity index (χ1v) is 11.4. The second kappa shape index (κ2) is 8.09. The van der Waals surface area contributed by atoms with Crippen LogP contribution in [0.2, 0.25) is 5.02 Å². The lowest BCUT2D eigenvalue weighted by Crippen LogP contribution is -2.28. The number of ether oxygens (including phenoxy) is 3. The summed E-state index contributed by atoms with van der Waals surface area (Å²) < 4.78 is 16.3. The Balaban J connectivity index is 1.22. The molecule has 35 heavy (non-hydrogen) atoms. The quantitative estimate of drug-likeness (QED) is 0.197. The van der Waals surface area contributed by atoms with Gasteiger partial charge in [0, 0.05) is 11.6 Å². The minimum atomic E-state index is -0.613. The number of carbonyl (C=O) groups excluding carboxylic acids is 2. The van der Waals surface area contributed by atoms with E-state index in [1.807, 2.05) is 12.2 Å². The molecular weight excluding hydrogens is 478 g/mol. The van der Waals surface area contributed by atoms with Gasteiger partial charge >= 0.3 is 5.69 Å². The highest BCUT2D eigenvalue weighted by molar-refractivity contribution is 6.32. The van der Waals surface area contributed by atoms with Crippen LogP contribution in [0.5, 0.6) is 17.2 Å². The molecule has 2 fully saturated rings. The largest absolute Gasteiger partial charge is 0.481 e. The van der Waals surface area contributed by atoms with Gasteiger partial charge in [-0.05, 0) is 42.0 Å². The Morgan fingerprint density at radius 3 is 2.54 bits per heavy atom. The van der Waals surface area contributed by atoms with Crippen LogP contribution in [-0.4, -0.2) is 34.8 Å². The number of nitro benzene ring substituents is 1. The van der Waals surface area contributed by atoms with Gasteiger partial charge in [0.05, 0.1) is 28.0 Å². The predicted octanol–water partition coefficient (Wildman–Crippen LogP) is 3.70. The number of imide groups is 1. The molecule has 2 aromatic rings. The van der Waals surface area contributed by atoms with Crippen molar-refractivity contribution in [1.82, 2.24) is 5.01 Å². The zero-order valence-corrected chi connectivity index (χ0v) is 18.9. The third-order valence-corrected chi connectivity index (χ3v) is 7.11. The molecule has 2 heterocycles. The van der Waals surface area contributed by atoms with E-state index in [4.69, 9.17) is 25.8 Å². The third-order valence-electron chi connectivity index (χ3n) is 6.83. The first kappa shape index (κ1) is 21.6. The van der Waals surface area contributed by atoms with Crippen molar-refractivity contribution in [3.63, 3.8) is 0 Å². The number of rotatable bonds is 6. The zero-order chi connectivity index (χ0) is 24.3. The summed E-state index contributed by atoms with van der Waals surface area (Å²) in [6.45, 7) is 0.147. The van der Waals surface area contributed by atoms with E-state index in [1.54, 1.807) is 18.2 Å². The first-order chi connectivity index (χ1) is 16.9. The van der Waals surface area contributed by atoms with Gasteiger partial charge in [-0.3, -0.25) is 19.7 Å². The number of fused-ring (bicyclic) bond motifs is 6. The Kier molecular flexibility index (Phi) is 4.99. The highest BCUT2D eigenvalue weighted by Gasteiger charge is 2.59. The number of hydrazone groups is 1. The van der Waals surface area contributed by atoms with Gasteiger partial charge in [0.2, 0.25) is 12.5 Å². The molecule has 4 unspecified atom stereocenters. The van der Waals surface area contributed by atoms with Gasteiger partial charge < -0.3 is 14.2 Å². The SMILES string of the molecule is O=C1C2C3C=CC(C3)C2C(=O)N1N=Cc1cc(Cl)c(OCc2ccc3c(c2)OCO3)c([N+](=O)[O-])c1. The van der Waals surface area contributed by atoms with Crippen LogP contribution in [0.3, 0.4) is 0 Å². The normalized spacial score (nSPS) is 25.7. The number of nitro groups is 1. The van der Waals surface area contributed by atoms with Crippen LogP contribution in [0.4, 0.5) is 5.69 Å². The van der Waals surface area contributed by atoms with E-state index in [0.29, 0.717) is 17.1 Å². The van der Waals surface area contributed by atoms with Crippen molar-refractivity contribution in [1.29, 1.82) is 0 Å². The number of benzene rings is 2. The number of carbonyl (C=O) groups is 2. The first-order valence-electron chi connectivity index (χ1n) is 11.0. The molecule has 6 rings (SSSR count). The van der Waals surface area contributed by atoms with Crippen LogP contribution in [0, 0.1) is 33.8 Å². The summed E-state index contributed by atoms with van der Waals surface area (Å²) in [4.78, 5) is 36.7. The molecule has 0 radical (unpaired) electrons. The molecule has 1 saturated heterocycles. The lowest BCUT2D eigenvalue weighted by atomic mass is 9.85. The van der Waals surface area contributed by atoms with Crippen molar-refractivity contribution in [2.75, 3.05) is 6.79 Å². The summed E-state index contributed by atoms with van der Waals surface area (Å²) in [7, 11) is 0. The van der Waals surface area contributed by atoms with E-state index < -0.39 is 4.92 Å². The standard InChI is InChI=1S/C24H18ClN3O7/c25-16-5-13(9-26-27-23(29)20-14-2-3-15(8-14)21(20)24(27)30)6-17(28(31)32)22(16)33-10-12-1-4-18-19(7-12)35-11-34-18/h1-7,9,14-15,20-21H,8,10-11H2. The van der Waals surface area contributed by atoms with E-state index >= 15 is 0 Å². The van der Waals surface area contributed by atoms with Crippen molar-refractivity contribution in [3.05, 3.63) is 68.7 Å². The van der Waals surface area contributed by atoms with Gasteiger partial charge in [-0.15, -0.1) is 0 Å². The summed E-state index contributed by atoms with van der Waals surface area (Å²) >= 11 is 6.32. The summed E-state index contributed by atoms with van der Waals surface area (Å²) in [5.41, 5.74) is 0.610. The molecule has 178 valence electrons. The van der Waals surface area contributed by atoms with Gasteiger partial charge in [0.15, 0.2) is 11.5 Å². The lowest BCUT2D eigenvalue weighted by molar-refractivity contribution is -0.385. The second-order valence-electron chi connectivity index (χ2n) is 8.82. The molecule has 2 aliphatic heterocycles. The molecule has 2 bridgehead atoms. The fourth-order valence-electron chi connectivity index (χ4n) is 5.26. The summed E-state index contributed by atoms with van der Waals surface area (Å²) in [6, 6.07) is 7.89. The number of nitrogens with zero attached hydrogens (tertiary/aromatic N) is 3. The third kappa shape index (κ3) is 3.52. The maximum absolute atomic E-state index is 12.8. The fraction of sp³-hybridized carbons (Fsp3) is 0.292. The van der Waals surface area contributed by atoms with E-state index in [1.165, 1.54) is 18.3 Å². The highest BCUT2D eigenvalue weighted by atomic mass is 35.5. The number of hydrogen-bond acceptors (Lipinski definition) is 8. The number of hydrogen-bond donors (Lipinski definition) is 0. The monoisotopic (exact) mass is 495 g/mol. The number of amides is 2. The van der Waals surface area contributed by atoms with Crippen molar-refractivity contribution in [2.24, 2.45) is 28.8 Å². The minimum absolute atomic E-state index is 0.000387. The maximum Gasteiger partial charge on any atom is 0.313 e. The van der Waals surface area contributed by atoms with Crippen LogP contribution in [0.15, 0.2) is 47.6 Å². The van der Waals surface area contributed by atoms with Crippen molar-refractivity contribution in [2.45, 2.75) is 13.0 Å². The summed E-state index contributed by atoms with van der Waals surface area (Å²) in [5.74, 6) is -0.205. The molecule has 4 aliphatic rings. The fourth-order valence-corrected chi connectivity index (χ4v) is 5.54. The predicted molar refractivity (Wildman–Crippen MR) is 122 cm³/mol. The smallest absolute Gasteiger partial charge is 0.313 e. The van der Waals surface area contributed by atoms with Gasteiger partial charge in [-0.2, -0.15) is 10.1 Å². The van der Waals surface area contributed by atoms with Gasteiger partial charge in [0.1, 0.15) is 6.61 Å². The second-order valence-corrected chi connectivity index (χ2v) is 9.22. The maximum atomic E-state index is 12.8. The average Bonchev–Trinajstić information content (AvgIpc) is 3.61. The van der Waals surface area contributed by atoms with Crippen molar-refractivity contribution in [3.8, 4) is 17.2 Å². The van der Waals surface area contributed by atoms with Crippen LogP contribution in [0.1, 0.15) is 17.5 Å². The van der Waals surface area contributed by atoms with E-state index in [-0.39, 0.29) is 70.9 Å². The zero-order valence-electron chi connectivity index (χ0n) is 18.1. The lowest BCUT2D eigenvalue weighted by Gasteiger charge is -2.13. The molecule has 11 heteroatoms. The average molecular weight is 496 g/mol. The molecule has 0 N–H and O–H groups in total. The molecule has 0 spiro atoms. The molecule has 2 amide bonds.